The van der Waals surface area contributed by atoms with E-state index < -0.39 is 0 Å². The fourth-order valence-electron chi connectivity index (χ4n) is 1.98. The summed E-state index contributed by atoms with van der Waals surface area (Å²) >= 11 is 0. The molecule has 0 saturated heterocycles. The van der Waals surface area contributed by atoms with E-state index in [2.05, 4.69) is 10.6 Å². The topological polar surface area (TPSA) is 78.4 Å². The van der Waals surface area contributed by atoms with E-state index in [1.165, 1.54) is 6.07 Å². The summed E-state index contributed by atoms with van der Waals surface area (Å²) in [4.78, 5) is 23.5. The summed E-state index contributed by atoms with van der Waals surface area (Å²) in [5.74, 6) is -0.536. The van der Waals surface area contributed by atoms with Gasteiger partial charge in [-0.3, -0.25) is 9.59 Å². The van der Waals surface area contributed by atoms with Crippen molar-refractivity contribution in [1.29, 1.82) is 0 Å². The van der Waals surface area contributed by atoms with Crippen LogP contribution in [-0.2, 0) is 4.79 Å². The predicted molar refractivity (Wildman–Crippen MR) is 86.2 cm³/mol. The molecule has 0 fully saturated rings. The molecule has 0 unspecified atom stereocenters. The molecule has 0 spiro atoms. The van der Waals surface area contributed by atoms with Crippen LogP contribution < -0.4 is 10.6 Å². The number of hydrogen-bond acceptors (Lipinski definition) is 3. The van der Waals surface area contributed by atoms with Gasteiger partial charge >= 0.3 is 0 Å². The molecule has 5 nitrogen and oxygen atoms in total. The van der Waals surface area contributed by atoms with Gasteiger partial charge in [0.15, 0.2) is 0 Å². The highest BCUT2D eigenvalue weighted by molar-refractivity contribution is 6.06. The summed E-state index contributed by atoms with van der Waals surface area (Å²) in [6.45, 7) is 3.59. The average Bonchev–Trinajstić information content (AvgIpc) is 2.50. The Balaban J connectivity index is 2.15. The third-order valence-corrected chi connectivity index (χ3v) is 3.24. The molecule has 0 heterocycles. The van der Waals surface area contributed by atoms with Crippen molar-refractivity contribution in [2.45, 2.75) is 20.3 Å². The fraction of sp³-hybridized carbons (Fsp3) is 0.176. The minimum Gasteiger partial charge on any atom is -0.506 e. The minimum atomic E-state index is -0.293. The second-order valence-corrected chi connectivity index (χ2v) is 4.90. The number of rotatable bonds is 4. The zero-order valence-corrected chi connectivity index (χ0v) is 12.5. The molecule has 0 radical (unpaired) electrons. The molecule has 2 aromatic carbocycles. The van der Waals surface area contributed by atoms with Gasteiger partial charge in [0.1, 0.15) is 5.75 Å². The smallest absolute Gasteiger partial charge is 0.256 e. The lowest BCUT2D eigenvalue weighted by atomic mass is 10.1. The van der Waals surface area contributed by atoms with Gasteiger partial charge in [-0.05, 0) is 30.7 Å². The van der Waals surface area contributed by atoms with Gasteiger partial charge in [-0.25, -0.2) is 0 Å². The molecule has 114 valence electrons. The number of hydrogen-bond donors (Lipinski definition) is 3. The van der Waals surface area contributed by atoms with Crippen molar-refractivity contribution in [2.75, 3.05) is 10.6 Å². The van der Waals surface area contributed by atoms with Gasteiger partial charge in [-0.2, -0.15) is 0 Å². The summed E-state index contributed by atoms with van der Waals surface area (Å²) in [6, 6.07) is 11.8. The first-order valence-corrected chi connectivity index (χ1v) is 7.01. The highest BCUT2D eigenvalue weighted by Crippen LogP contribution is 2.27. The standard InChI is InChI=1S/C17H18N2O3/c1-3-16(21)18-12-8-9-14(15(20)10-12)19-17(22)13-7-5-4-6-11(13)2/h4-10,20H,3H2,1-2H3,(H,18,21)(H,19,22). The van der Waals surface area contributed by atoms with E-state index >= 15 is 0 Å². The van der Waals surface area contributed by atoms with E-state index in [1.54, 1.807) is 31.2 Å². The molecule has 0 saturated carbocycles. The molecule has 3 N–H and O–H groups in total. The van der Waals surface area contributed by atoms with E-state index in [4.69, 9.17) is 0 Å². The fourth-order valence-corrected chi connectivity index (χ4v) is 1.98. The maximum atomic E-state index is 12.2. The number of aromatic hydroxyl groups is 1. The summed E-state index contributed by atoms with van der Waals surface area (Å²) < 4.78 is 0. The zero-order chi connectivity index (χ0) is 16.1. The van der Waals surface area contributed by atoms with Crippen LogP contribution in [0.3, 0.4) is 0 Å². The third kappa shape index (κ3) is 3.63. The van der Waals surface area contributed by atoms with Gasteiger partial charge in [0.05, 0.1) is 5.69 Å². The van der Waals surface area contributed by atoms with Gasteiger partial charge in [-0.1, -0.05) is 25.1 Å². The van der Waals surface area contributed by atoms with Crippen molar-refractivity contribution in [3.05, 3.63) is 53.6 Å². The normalized spacial score (nSPS) is 10.1. The van der Waals surface area contributed by atoms with Crippen LogP contribution >= 0.6 is 0 Å². The highest BCUT2D eigenvalue weighted by Gasteiger charge is 2.11. The highest BCUT2D eigenvalue weighted by atomic mass is 16.3. The van der Waals surface area contributed by atoms with Crippen molar-refractivity contribution in [3.63, 3.8) is 0 Å². The van der Waals surface area contributed by atoms with Crippen LogP contribution in [0.25, 0.3) is 0 Å². The quantitative estimate of drug-likeness (QED) is 0.758. The molecule has 22 heavy (non-hydrogen) atoms. The number of phenols is 1. The van der Waals surface area contributed by atoms with Crippen LogP contribution in [0.5, 0.6) is 5.75 Å². The van der Waals surface area contributed by atoms with Crippen LogP contribution in [0.1, 0.15) is 29.3 Å². The summed E-state index contributed by atoms with van der Waals surface area (Å²) in [6.07, 6.45) is 0.354. The van der Waals surface area contributed by atoms with Crippen LogP contribution in [0.4, 0.5) is 11.4 Å². The van der Waals surface area contributed by atoms with Gasteiger partial charge in [0.2, 0.25) is 5.91 Å². The number of anilines is 2. The van der Waals surface area contributed by atoms with Crippen LogP contribution in [-0.4, -0.2) is 16.9 Å². The lowest BCUT2D eigenvalue weighted by molar-refractivity contribution is -0.115. The van der Waals surface area contributed by atoms with Crippen molar-refractivity contribution in [1.82, 2.24) is 0 Å². The average molecular weight is 298 g/mol. The number of carbonyl (C=O) groups excluding carboxylic acids is 2. The lowest BCUT2D eigenvalue weighted by Crippen LogP contribution is -2.14. The molecule has 2 amide bonds. The van der Waals surface area contributed by atoms with Crippen molar-refractivity contribution < 1.29 is 14.7 Å². The summed E-state index contributed by atoms with van der Waals surface area (Å²) in [7, 11) is 0. The Labute approximate surface area is 129 Å². The Morgan fingerprint density at radius 3 is 2.45 bits per heavy atom. The Bertz CT molecular complexity index is 711. The van der Waals surface area contributed by atoms with Crippen molar-refractivity contribution in [2.24, 2.45) is 0 Å². The second kappa shape index (κ2) is 6.76. The largest absolute Gasteiger partial charge is 0.506 e. The molecular formula is C17H18N2O3. The maximum Gasteiger partial charge on any atom is 0.256 e. The van der Waals surface area contributed by atoms with E-state index in [9.17, 15) is 14.7 Å². The number of aryl methyl sites for hydroxylation is 1. The van der Waals surface area contributed by atoms with Crippen molar-refractivity contribution >= 4 is 23.2 Å². The first kappa shape index (κ1) is 15.6. The number of carbonyl (C=O) groups is 2. The Morgan fingerprint density at radius 1 is 1.09 bits per heavy atom. The summed E-state index contributed by atoms with van der Waals surface area (Å²) in [5.41, 5.74) is 2.18. The monoisotopic (exact) mass is 298 g/mol. The number of benzene rings is 2. The van der Waals surface area contributed by atoms with Crippen LogP contribution in [0.15, 0.2) is 42.5 Å². The van der Waals surface area contributed by atoms with Gasteiger partial charge in [0, 0.05) is 23.7 Å². The maximum absolute atomic E-state index is 12.2. The van der Waals surface area contributed by atoms with Crippen molar-refractivity contribution in [3.8, 4) is 5.75 Å². The Morgan fingerprint density at radius 2 is 1.82 bits per heavy atom. The minimum absolute atomic E-state index is 0.101. The second-order valence-electron chi connectivity index (χ2n) is 4.90. The number of amides is 2. The zero-order valence-electron chi connectivity index (χ0n) is 12.5. The van der Waals surface area contributed by atoms with Gasteiger partial charge < -0.3 is 15.7 Å². The molecule has 0 aromatic heterocycles. The lowest BCUT2D eigenvalue weighted by Gasteiger charge is -2.11. The van der Waals surface area contributed by atoms with E-state index in [0.717, 1.165) is 5.56 Å². The molecule has 5 heteroatoms. The van der Waals surface area contributed by atoms with Crippen LogP contribution in [0, 0.1) is 6.92 Å². The SMILES string of the molecule is CCC(=O)Nc1ccc(NC(=O)c2ccccc2C)c(O)c1. The molecule has 0 atom stereocenters. The molecule has 0 aliphatic heterocycles. The Hall–Kier alpha value is -2.82. The molecule has 0 bridgehead atoms. The van der Waals surface area contributed by atoms with Gasteiger partial charge in [-0.15, -0.1) is 0 Å². The molecule has 0 aliphatic rings. The molecule has 2 aromatic rings. The first-order valence-electron chi connectivity index (χ1n) is 7.01. The van der Waals surface area contributed by atoms with E-state index in [-0.39, 0.29) is 17.6 Å². The van der Waals surface area contributed by atoms with E-state index in [1.807, 2.05) is 19.1 Å². The number of phenolic OH excluding ortho intramolecular Hbond substituents is 1. The number of nitrogens with one attached hydrogen (secondary N) is 2. The third-order valence-electron chi connectivity index (χ3n) is 3.24. The molecule has 2 rings (SSSR count). The summed E-state index contributed by atoms with van der Waals surface area (Å²) in [5, 5.41) is 15.3. The van der Waals surface area contributed by atoms with Crippen LogP contribution in [0.2, 0.25) is 0 Å². The molecule has 0 aliphatic carbocycles. The first-order chi connectivity index (χ1) is 10.5. The van der Waals surface area contributed by atoms with Gasteiger partial charge in [0.25, 0.3) is 5.91 Å². The van der Waals surface area contributed by atoms with E-state index in [0.29, 0.717) is 23.4 Å². The predicted octanol–water partition coefficient (Wildman–Crippen LogP) is 3.30. The molecular weight excluding hydrogens is 280 g/mol. The Kier molecular flexibility index (Phi) is 4.78.